The first kappa shape index (κ1) is 15.1. The van der Waals surface area contributed by atoms with E-state index in [-0.39, 0.29) is 18.9 Å². The first-order valence-electron chi connectivity index (χ1n) is 5.78. The number of ether oxygens (including phenoxy) is 1. The summed E-state index contributed by atoms with van der Waals surface area (Å²) in [5.74, 6) is -0.275. The Kier molecular flexibility index (Phi) is 6.47. The molecule has 0 aliphatic rings. The summed E-state index contributed by atoms with van der Waals surface area (Å²) in [6.45, 7) is -0.503. The van der Waals surface area contributed by atoms with Crippen LogP contribution in [0.3, 0.4) is 0 Å². The van der Waals surface area contributed by atoms with E-state index in [0.29, 0.717) is 17.7 Å². The maximum Gasteiger partial charge on any atom is 0.261 e. The van der Waals surface area contributed by atoms with E-state index in [4.69, 9.17) is 5.26 Å². The van der Waals surface area contributed by atoms with Gasteiger partial charge in [0.05, 0.1) is 11.3 Å². The number of carbonyl (C=O) groups is 1. The zero-order valence-corrected chi connectivity index (χ0v) is 10.2. The van der Waals surface area contributed by atoms with E-state index in [1.165, 1.54) is 0 Å². The molecule has 0 bridgehead atoms. The van der Waals surface area contributed by atoms with Crippen molar-refractivity contribution in [3.05, 3.63) is 29.8 Å². The Morgan fingerprint density at radius 1 is 1.42 bits per heavy atom. The number of benzene rings is 1. The summed E-state index contributed by atoms with van der Waals surface area (Å²) in [4.78, 5) is 11.6. The molecular weight excluding hydrogens is 254 g/mol. The summed E-state index contributed by atoms with van der Waals surface area (Å²) in [5.41, 5.74) is 0.827. The third-order valence-electron chi connectivity index (χ3n) is 2.26. The Labute approximate surface area is 110 Å². The van der Waals surface area contributed by atoms with Gasteiger partial charge in [-0.1, -0.05) is 12.1 Å². The number of halogens is 2. The number of anilines is 1. The number of nitriles is 1. The lowest BCUT2D eigenvalue weighted by atomic mass is 10.2. The monoisotopic (exact) mass is 268 g/mol. The fraction of sp³-hybridized carbons (Fsp3) is 0.385. The quantitative estimate of drug-likeness (QED) is 0.773. The molecule has 0 spiro atoms. The Hall–Kier alpha value is -2.00. The van der Waals surface area contributed by atoms with Gasteiger partial charge < -0.3 is 10.1 Å². The van der Waals surface area contributed by atoms with Gasteiger partial charge in [0.2, 0.25) is 5.91 Å². The van der Waals surface area contributed by atoms with Gasteiger partial charge in [-0.25, -0.2) is 8.78 Å². The minimum absolute atomic E-state index is 0.109. The van der Waals surface area contributed by atoms with Gasteiger partial charge in [0.1, 0.15) is 12.7 Å². The van der Waals surface area contributed by atoms with Gasteiger partial charge in [-0.3, -0.25) is 4.79 Å². The Morgan fingerprint density at radius 2 is 2.16 bits per heavy atom. The van der Waals surface area contributed by atoms with E-state index in [0.717, 1.165) is 0 Å². The van der Waals surface area contributed by atoms with Gasteiger partial charge in [0.15, 0.2) is 0 Å². The number of nitrogens with zero attached hydrogens (tertiary/aromatic N) is 1. The van der Waals surface area contributed by atoms with Crippen LogP contribution in [0.5, 0.6) is 0 Å². The summed E-state index contributed by atoms with van der Waals surface area (Å²) < 4.78 is 28.2. The number of hydrogen-bond acceptors (Lipinski definition) is 3. The van der Waals surface area contributed by atoms with Crippen LogP contribution in [0.15, 0.2) is 24.3 Å². The minimum atomic E-state index is -2.49. The molecule has 0 saturated heterocycles. The van der Waals surface area contributed by atoms with Gasteiger partial charge in [-0.2, -0.15) is 5.26 Å². The second-order valence-corrected chi connectivity index (χ2v) is 3.78. The van der Waals surface area contributed by atoms with Gasteiger partial charge in [-0.05, 0) is 18.6 Å². The van der Waals surface area contributed by atoms with Gasteiger partial charge in [-0.15, -0.1) is 0 Å². The number of nitrogens with one attached hydrogen (secondary N) is 1. The lowest BCUT2D eigenvalue weighted by molar-refractivity contribution is -0.116. The van der Waals surface area contributed by atoms with E-state index < -0.39 is 13.0 Å². The molecule has 0 aliphatic carbocycles. The topological polar surface area (TPSA) is 62.1 Å². The molecule has 6 heteroatoms. The molecule has 0 unspecified atom stereocenters. The van der Waals surface area contributed by atoms with E-state index in [9.17, 15) is 13.6 Å². The molecule has 1 aromatic carbocycles. The minimum Gasteiger partial charge on any atom is -0.376 e. The number of hydrogen-bond donors (Lipinski definition) is 1. The van der Waals surface area contributed by atoms with Crippen molar-refractivity contribution in [2.45, 2.75) is 19.3 Å². The van der Waals surface area contributed by atoms with Crippen LogP contribution in [0.1, 0.15) is 18.4 Å². The van der Waals surface area contributed by atoms with Crippen LogP contribution in [0, 0.1) is 11.3 Å². The molecule has 0 aliphatic heterocycles. The van der Waals surface area contributed by atoms with Gasteiger partial charge in [0, 0.05) is 13.0 Å². The van der Waals surface area contributed by atoms with Crippen LogP contribution < -0.4 is 5.32 Å². The maximum atomic E-state index is 11.8. The summed E-state index contributed by atoms with van der Waals surface area (Å²) in [5, 5.41) is 11.4. The van der Waals surface area contributed by atoms with E-state index in [1.54, 1.807) is 24.3 Å². The SMILES string of the molecule is N#Cc1ccccc1NC(=O)CCCOCC(F)F. The highest BCUT2D eigenvalue weighted by Crippen LogP contribution is 2.13. The summed E-state index contributed by atoms with van der Waals surface area (Å²) in [7, 11) is 0. The van der Waals surface area contributed by atoms with Crippen molar-refractivity contribution in [1.29, 1.82) is 5.26 Å². The largest absolute Gasteiger partial charge is 0.376 e. The molecule has 0 heterocycles. The number of carbonyl (C=O) groups excluding carboxylic acids is 1. The fourth-order valence-electron chi connectivity index (χ4n) is 1.41. The Morgan fingerprint density at radius 3 is 2.84 bits per heavy atom. The van der Waals surface area contributed by atoms with Crippen LogP contribution in [0.25, 0.3) is 0 Å². The highest BCUT2D eigenvalue weighted by molar-refractivity contribution is 5.92. The molecular formula is C13H14F2N2O2. The maximum absolute atomic E-state index is 11.8. The second kappa shape index (κ2) is 8.16. The van der Waals surface area contributed by atoms with Crippen molar-refractivity contribution >= 4 is 11.6 Å². The van der Waals surface area contributed by atoms with Crippen LogP contribution in [0.4, 0.5) is 14.5 Å². The highest BCUT2D eigenvalue weighted by atomic mass is 19.3. The standard InChI is InChI=1S/C13H14F2N2O2/c14-12(15)9-19-7-3-6-13(18)17-11-5-2-1-4-10(11)8-16/h1-2,4-5,12H,3,6-7,9H2,(H,17,18). The third kappa shape index (κ3) is 5.93. The van der Waals surface area contributed by atoms with Crippen LogP contribution in [-0.2, 0) is 9.53 Å². The highest BCUT2D eigenvalue weighted by Gasteiger charge is 2.06. The van der Waals surface area contributed by atoms with Crippen molar-refractivity contribution < 1.29 is 18.3 Å². The van der Waals surface area contributed by atoms with E-state index in [2.05, 4.69) is 10.1 Å². The molecule has 0 atom stereocenters. The zero-order chi connectivity index (χ0) is 14.1. The van der Waals surface area contributed by atoms with E-state index in [1.807, 2.05) is 6.07 Å². The third-order valence-corrected chi connectivity index (χ3v) is 2.26. The van der Waals surface area contributed by atoms with Crippen molar-refractivity contribution in [1.82, 2.24) is 0 Å². The second-order valence-electron chi connectivity index (χ2n) is 3.78. The summed E-state index contributed by atoms with van der Waals surface area (Å²) in [6, 6.07) is 8.61. The number of para-hydroxylation sites is 1. The lowest BCUT2D eigenvalue weighted by Gasteiger charge is -2.07. The number of alkyl halides is 2. The Bertz CT molecular complexity index is 458. The molecule has 0 radical (unpaired) electrons. The number of amides is 1. The average molecular weight is 268 g/mol. The normalized spacial score (nSPS) is 10.2. The molecule has 0 fully saturated rings. The smallest absolute Gasteiger partial charge is 0.261 e. The first-order valence-corrected chi connectivity index (χ1v) is 5.78. The first-order chi connectivity index (χ1) is 9.13. The Balaban J connectivity index is 2.30. The molecule has 0 aromatic heterocycles. The van der Waals surface area contributed by atoms with Gasteiger partial charge in [0.25, 0.3) is 6.43 Å². The van der Waals surface area contributed by atoms with Gasteiger partial charge >= 0.3 is 0 Å². The van der Waals surface area contributed by atoms with Crippen LogP contribution in [0.2, 0.25) is 0 Å². The molecule has 1 aromatic rings. The predicted octanol–water partition coefficient (Wildman–Crippen LogP) is 2.56. The van der Waals surface area contributed by atoms with Crippen molar-refractivity contribution in [2.75, 3.05) is 18.5 Å². The van der Waals surface area contributed by atoms with Crippen molar-refractivity contribution in [3.63, 3.8) is 0 Å². The summed E-state index contributed by atoms with van der Waals surface area (Å²) >= 11 is 0. The molecule has 1 rings (SSSR count). The predicted molar refractivity (Wildman–Crippen MR) is 65.8 cm³/mol. The van der Waals surface area contributed by atoms with Crippen molar-refractivity contribution in [2.24, 2.45) is 0 Å². The molecule has 102 valence electrons. The zero-order valence-electron chi connectivity index (χ0n) is 10.2. The lowest BCUT2D eigenvalue weighted by Crippen LogP contribution is -2.14. The molecule has 0 saturated carbocycles. The molecule has 1 N–H and O–H groups in total. The van der Waals surface area contributed by atoms with Crippen molar-refractivity contribution in [3.8, 4) is 6.07 Å². The summed E-state index contributed by atoms with van der Waals surface area (Å²) in [6.07, 6.45) is -1.98. The number of rotatable bonds is 7. The fourth-order valence-corrected chi connectivity index (χ4v) is 1.41. The van der Waals surface area contributed by atoms with Crippen LogP contribution >= 0.6 is 0 Å². The molecule has 19 heavy (non-hydrogen) atoms. The molecule has 4 nitrogen and oxygen atoms in total. The molecule has 1 amide bonds. The van der Waals surface area contributed by atoms with E-state index >= 15 is 0 Å². The average Bonchev–Trinajstić information content (AvgIpc) is 2.38. The van der Waals surface area contributed by atoms with Crippen LogP contribution in [-0.4, -0.2) is 25.5 Å².